The first kappa shape index (κ1) is 14.8. The zero-order valence-corrected chi connectivity index (χ0v) is 14.0. The fourth-order valence-electron chi connectivity index (χ4n) is 2.50. The van der Waals surface area contributed by atoms with E-state index >= 15 is 0 Å². The van der Waals surface area contributed by atoms with Gasteiger partial charge in [0.1, 0.15) is 5.75 Å². The second-order valence-electron chi connectivity index (χ2n) is 5.18. The van der Waals surface area contributed by atoms with Gasteiger partial charge in [0.2, 0.25) is 0 Å². The van der Waals surface area contributed by atoms with Crippen molar-refractivity contribution in [2.75, 3.05) is 5.32 Å². The van der Waals surface area contributed by atoms with Crippen LogP contribution < -0.4 is 10.1 Å². The molecule has 1 amide bonds. The molecule has 4 rings (SSSR count). The molecule has 0 saturated heterocycles. The Bertz CT molecular complexity index is 926. The lowest BCUT2D eigenvalue weighted by Gasteiger charge is -2.09. The monoisotopic (exact) mass is 364 g/mol. The molecule has 1 unspecified atom stereocenters. The van der Waals surface area contributed by atoms with Crippen molar-refractivity contribution in [3.63, 3.8) is 0 Å². The molecule has 0 bridgehead atoms. The minimum absolute atomic E-state index is 0.220. The van der Waals surface area contributed by atoms with E-state index in [9.17, 15) is 4.79 Å². The molecule has 2 heterocycles. The maximum atomic E-state index is 12.4. The number of halogens is 2. The number of benzene rings is 2. The molecule has 1 N–H and O–H groups in total. The van der Waals surface area contributed by atoms with E-state index in [4.69, 9.17) is 27.9 Å². The summed E-state index contributed by atoms with van der Waals surface area (Å²) >= 11 is 13.3. The van der Waals surface area contributed by atoms with Crippen LogP contribution in [0.2, 0.25) is 10.0 Å². The molecule has 1 atom stereocenters. The first-order valence-electron chi connectivity index (χ1n) is 6.90. The average Bonchev–Trinajstić information content (AvgIpc) is 3.09. The number of amides is 1. The normalized spacial score (nSPS) is 16.2. The van der Waals surface area contributed by atoms with Crippen LogP contribution in [0.4, 0.5) is 5.13 Å². The molecule has 0 aliphatic carbocycles. The van der Waals surface area contributed by atoms with Crippen molar-refractivity contribution in [2.45, 2.75) is 12.5 Å². The van der Waals surface area contributed by atoms with Gasteiger partial charge in [0, 0.05) is 16.5 Å². The number of anilines is 1. The largest absolute Gasteiger partial charge is 0.480 e. The number of hydrogen-bond donors (Lipinski definition) is 1. The summed E-state index contributed by atoms with van der Waals surface area (Å²) < 4.78 is 6.60. The summed E-state index contributed by atoms with van der Waals surface area (Å²) in [6.07, 6.45) is -0.0718. The summed E-state index contributed by atoms with van der Waals surface area (Å²) in [5.41, 5.74) is 1.74. The maximum Gasteiger partial charge on any atom is 0.267 e. The number of aromatic nitrogens is 1. The highest BCUT2D eigenvalue weighted by Gasteiger charge is 2.29. The molecule has 23 heavy (non-hydrogen) atoms. The zero-order chi connectivity index (χ0) is 16.0. The predicted octanol–water partition coefficient (Wildman–Crippen LogP) is 4.55. The van der Waals surface area contributed by atoms with Gasteiger partial charge < -0.3 is 4.74 Å². The summed E-state index contributed by atoms with van der Waals surface area (Å²) in [7, 11) is 0. The van der Waals surface area contributed by atoms with Gasteiger partial charge in [-0.05, 0) is 42.0 Å². The molecule has 0 fully saturated rings. The fourth-order valence-corrected chi connectivity index (χ4v) is 3.84. The van der Waals surface area contributed by atoms with Crippen molar-refractivity contribution in [3.05, 3.63) is 52.0 Å². The lowest BCUT2D eigenvalue weighted by molar-refractivity contribution is -0.122. The van der Waals surface area contributed by atoms with Gasteiger partial charge >= 0.3 is 0 Å². The molecule has 7 heteroatoms. The Morgan fingerprint density at radius 2 is 2.00 bits per heavy atom. The quantitative estimate of drug-likeness (QED) is 0.725. The first-order chi connectivity index (χ1) is 11.1. The third kappa shape index (κ3) is 2.87. The van der Waals surface area contributed by atoms with E-state index in [1.807, 2.05) is 18.2 Å². The second-order valence-corrected chi connectivity index (χ2v) is 7.09. The van der Waals surface area contributed by atoms with Crippen molar-refractivity contribution in [1.82, 2.24) is 4.98 Å². The van der Waals surface area contributed by atoms with Crippen LogP contribution in [0.3, 0.4) is 0 Å². The van der Waals surface area contributed by atoms with Crippen LogP contribution in [-0.2, 0) is 11.2 Å². The standard InChI is InChI=1S/C16H10Cl2N2O2S/c17-9-2-4-12-8(5-9)6-13(22-12)15(21)20-16-19-11-3-1-10(18)7-14(11)23-16/h1-5,7,13H,6H2,(H,19,20,21). The number of thiazole rings is 1. The highest BCUT2D eigenvalue weighted by molar-refractivity contribution is 7.22. The molecule has 2 aromatic carbocycles. The van der Waals surface area contributed by atoms with Crippen molar-refractivity contribution in [3.8, 4) is 5.75 Å². The fraction of sp³-hybridized carbons (Fsp3) is 0.125. The number of carbonyl (C=O) groups is 1. The van der Waals surface area contributed by atoms with E-state index in [0.717, 1.165) is 15.8 Å². The Balaban J connectivity index is 1.51. The Morgan fingerprint density at radius 1 is 1.22 bits per heavy atom. The van der Waals surface area contributed by atoms with Gasteiger partial charge in [-0.15, -0.1) is 0 Å². The van der Waals surface area contributed by atoms with Gasteiger partial charge in [0.15, 0.2) is 11.2 Å². The third-order valence-corrected chi connectivity index (χ3v) is 4.97. The molecule has 116 valence electrons. The number of carbonyl (C=O) groups excluding carboxylic acids is 1. The van der Waals surface area contributed by atoms with Gasteiger partial charge in [-0.3, -0.25) is 10.1 Å². The van der Waals surface area contributed by atoms with E-state index < -0.39 is 6.10 Å². The Hall–Kier alpha value is -1.82. The van der Waals surface area contributed by atoms with E-state index in [-0.39, 0.29) is 5.91 Å². The van der Waals surface area contributed by atoms with Crippen molar-refractivity contribution in [2.24, 2.45) is 0 Å². The summed E-state index contributed by atoms with van der Waals surface area (Å²) in [5.74, 6) is 0.480. The van der Waals surface area contributed by atoms with Crippen LogP contribution in [-0.4, -0.2) is 17.0 Å². The zero-order valence-electron chi connectivity index (χ0n) is 11.7. The van der Waals surface area contributed by atoms with Crippen LogP contribution >= 0.6 is 34.5 Å². The minimum atomic E-state index is -0.570. The van der Waals surface area contributed by atoms with Crippen molar-refractivity contribution in [1.29, 1.82) is 0 Å². The van der Waals surface area contributed by atoms with Gasteiger partial charge in [0.25, 0.3) is 5.91 Å². The van der Waals surface area contributed by atoms with Gasteiger partial charge in [-0.2, -0.15) is 0 Å². The summed E-state index contributed by atoms with van der Waals surface area (Å²) in [6.45, 7) is 0. The topological polar surface area (TPSA) is 51.2 Å². The van der Waals surface area contributed by atoms with Crippen LogP contribution in [0.15, 0.2) is 36.4 Å². The molecule has 4 nitrogen and oxygen atoms in total. The van der Waals surface area contributed by atoms with E-state index in [0.29, 0.717) is 27.3 Å². The van der Waals surface area contributed by atoms with E-state index in [2.05, 4.69) is 10.3 Å². The number of hydrogen-bond acceptors (Lipinski definition) is 4. The molecule has 0 radical (unpaired) electrons. The molecule has 1 aliphatic rings. The van der Waals surface area contributed by atoms with Crippen LogP contribution in [0.5, 0.6) is 5.75 Å². The Labute approximate surface area is 146 Å². The summed E-state index contributed by atoms with van der Waals surface area (Å²) in [5, 5.41) is 4.62. The number of fused-ring (bicyclic) bond motifs is 2. The minimum Gasteiger partial charge on any atom is -0.480 e. The van der Waals surface area contributed by atoms with Crippen LogP contribution in [0, 0.1) is 0 Å². The van der Waals surface area contributed by atoms with Gasteiger partial charge in [-0.1, -0.05) is 34.5 Å². The highest BCUT2D eigenvalue weighted by Crippen LogP contribution is 2.32. The first-order valence-corrected chi connectivity index (χ1v) is 8.48. The van der Waals surface area contributed by atoms with Crippen LogP contribution in [0.1, 0.15) is 5.56 Å². The number of nitrogens with zero attached hydrogens (tertiary/aromatic N) is 1. The number of ether oxygens (including phenoxy) is 1. The molecule has 1 aromatic heterocycles. The molecule has 0 spiro atoms. The predicted molar refractivity (Wildman–Crippen MR) is 92.8 cm³/mol. The number of rotatable bonds is 2. The van der Waals surface area contributed by atoms with E-state index in [1.54, 1.807) is 18.2 Å². The Morgan fingerprint density at radius 3 is 2.87 bits per heavy atom. The van der Waals surface area contributed by atoms with Crippen molar-refractivity contribution >= 4 is 55.8 Å². The number of nitrogens with one attached hydrogen (secondary N) is 1. The lowest BCUT2D eigenvalue weighted by Crippen LogP contribution is -2.31. The second kappa shape index (κ2) is 5.67. The van der Waals surface area contributed by atoms with Gasteiger partial charge in [0.05, 0.1) is 10.2 Å². The maximum absolute atomic E-state index is 12.4. The average molecular weight is 365 g/mol. The molecule has 0 saturated carbocycles. The smallest absolute Gasteiger partial charge is 0.267 e. The van der Waals surface area contributed by atoms with Crippen LogP contribution in [0.25, 0.3) is 10.2 Å². The lowest BCUT2D eigenvalue weighted by atomic mass is 10.1. The summed E-state index contributed by atoms with van der Waals surface area (Å²) in [4.78, 5) is 16.8. The molecular weight excluding hydrogens is 355 g/mol. The van der Waals surface area contributed by atoms with Gasteiger partial charge in [-0.25, -0.2) is 4.98 Å². The SMILES string of the molecule is O=C(Nc1nc2ccc(Cl)cc2s1)C1Cc2cc(Cl)ccc2O1. The van der Waals surface area contributed by atoms with E-state index in [1.165, 1.54) is 11.3 Å². The third-order valence-electron chi connectivity index (χ3n) is 3.57. The molecule has 3 aromatic rings. The van der Waals surface area contributed by atoms with Crippen molar-refractivity contribution < 1.29 is 9.53 Å². The molecule has 1 aliphatic heterocycles. The molecular formula is C16H10Cl2N2O2S. The highest BCUT2D eigenvalue weighted by atomic mass is 35.5. The summed E-state index contributed by atoms with van der Waals surface area (Å²) in [6, 6.07) is 10.8. The Kier molecular flexibility index (Phi) is 3.64.